The van der Waals surface area contributed by atoms with E-state index < -0.39 is 0 Å². The smallest absolute Gasteiger partial charge is 0.255 e. The average Bonchev–Trinajstić information content (AvgIpc) is 2.39. The predicted octanol–water partition coefficient (Wildman–Crippen LogP) is 3.12. The van der Waals surface area contributed by atoms with E-state index in [1.165, 1.54) is 0 Å². The van der Waals surface area contributed by atoms with Crippen LogP contribution in [0.2, 0.25) is 0 Å². The number of rotatable bonds is 2. The number of hydrogen-bond acceptors (Lipinski definition) is 2. The van der Waals surface area contributed by atoms with Crippen LogP contribution in [-0.2, 0) is 0 Å². The Labute approximate surface area is 106 Å². The number of nitrogens with zero attached hydrogens (tertiary/aromatic N) is 1. The Morgan fingerprint density at radius 1 is 1.17 bits per heavy atom. The van der Waals surface area contributed by atoms with Crippen molar-refractivity contribution < 1.29 is 4.79 Å². The summed E-state index contributed by atoms with van der Waals surface area (Å²) in [6.45, 7) is 1.97. The van der Waals surface area contributed by atoms with E-state index in [0.717, 1.165) is 5.56 Å². The first-order valence-electron chi connectivity index (χ1n) is 5.57. The molecular weight excluding hydrogens is 224 g/mol. The second-order valence-electron chi connectivity index (χ2n) is 4.01. The first-order valence-corrected chi connectivity index (χ1v) is 5.57. The lowest BCUT2D eigenvalue weighted by Gasteiger charge is -2.05. The molecule has 2 aromatic rings. The van der Waals surface area contributed by atoms with Crippen molar-refractivity contribution in [1.82, 2.24) is 0 Å². The zero-order valence-corrected chi connectivity index (χ0v) is 9.97. The first kappa shape index (κ1) is 11.9. The third kappa shape index (κ3) is 2.74. The van der Waals surface area contributed by atoms with Crippen molar-refractivity contribution in [3.05, 3.63) is 65.2 Å². The van der Waals surface area contributed by atoms with Crippen molar-refractivity contribution in [2.24, 2.45) is 0 Å². The van der Waals surface area contributed by atoms with Gasteiger partial charge in [0.15, 0.2) is 0 Å². The number of nitrogens with one attached hydrogen (secondary N) is 1. The summed E-state index contributed by atoms with van der Waals surface area (Å²) in [6, 6.07) is 16.2. The van der Waals surface area contributed by atoms with Crippen LogP contribution in [-0.4, -0.2) is 5.91 Å². The van der Waals surface area contributed by atoms with Crippen LogP contribution in [0.5, 0.6) is 0 Å². The molecule has 0 bridgehead atoms. The minimum Gasteiger partial charge on any atom is -0.322 e. The molecule has 0 heterocycles. The lowest BCUT2D eigenvalue weighted by atomic mass is 10.1. The van der Waals surface area contributed by atoms with E-state index in [2.05, 4.69) is 5.32 Å². The minimum absolute atomic E-state index is 0.176. The molecule has 88 valence electrons. The molecule has 2 aromatic carbocycles. The summed E-state index contributed by atoms with van der Waals surface area (Å²) in [5, 5.41) is 11.5. The number of anilines is 1. The second kappa shape index (κ2) is 5.15. The van der Waals surface area contributed by atoms with Crippen molar-refractivity contribution in [2.75, 3.05) is 5.32 Å². The van der Waals surface area contributed by atoms with Gasteiger partial charge in [0.1, 0.15) is 0 Å². The SMILES string of the molecule is Cc1ccc(C(=O)Nc2cccc(C#N)c2)cc1. The Balaban J connectivity index is 2.16. The number of carbonyl (C=O) groups excluding carboxylic acids is 1. The maximum atomic E-state index is 11.9. The molecule has 0 atom stereocenters. The van der Waals surface area contributed by atoms with Crippen LogP contribution in [0.25, 0.3) is 0 Å². The topological polar surface area (TPSA) is 52.9 Å². The Morgan fingerprint density at radius 2 is 1.89 bits per heavy atom. The van der Waals surface area contributed by atoms with Gasteiger partial charge in [0.2, 0.25) is 0 Å². The van der Waals surface area contributed by atoms with Crippen LogP contribution < -0.4 is 5.32 Å². The molecule has 0 spiro atoms. The standard InChI is InChI=1S/C15H12N2O/c1-11-5-7-13(8-6-11)15(18)17-14-4-2-3-12(9-14)10-16/h2-9H,1H3,(H,17,18). The summed E-state index contributed by atoms with van der Waals surface area (Å²) < 4.78 is 0. The van der Waals surface area contributed by atoms with Gasteiger partial charge < -0.3 is 5.32 Å². The van der Waals surface area contributed by atoms with Gasteiger partial charge in [-0.2, -0.15) is 5.26 Å². The Morgan fingerprint density at radius 3 is 2.56 bits per heavy atom. The summed E-state index contributed by atoms with van der Waals surface area (Å²) in [4.78, 5) is 11.9. The van der Waals surface area contributed by atoms with Crippen LogP contribution >= 0.6 is 0 Å². The third-order valence-electron chi connectivity index (χ3n) is 2.56. The van der Waals surface area contributed by atoms with Gasteiger partial charge in [-0.15, -0.1) is 0 Å². The van der Waals surface area contributed by atoms with Crippen LogP contribution in [0, 0.1) is 18.3 Å². The van der Waals surface area contributed by atoms with E-state index in [0.29, 0.717) is 16.8 Å². The van der Waals surface area contributed by atoms with Crippen LogP contribution in [0.1, 0.15) is 21.5 Å². The lowest BCUT2D eigenvalue weighted by molar-refractivity contribution is 0.102. The summed E-state index contributed by atoms with van der Waals surface area (Å²) in [5.41, 5.74) is 2.86. The molecule has 0 saturated carbocycles. The van der Waals surface area contributed by atoms with E-state index in [1.54, 1.807) is 36.4 Å². The average molecular weight is 236 g/mol. The largest absolute Gasteiger partial charge is 0.322 e. The molecule has 2 rings (SSSR count). The maximum Gasteiger partial charge on any atom is 0.255 e. The number of amides is 1. The first-order chi connectivity index (χ1) is 8.69. The van der Waals surface area contributed by atoms with Gasteiger partial charge in [0.05, 0.1) is 11.6 Å². The van der Waals surface area contributed by atoms with Gasteiger partial charge in [-0.25, -0.2) is 0 Å². The van der Waals surface area contributed by atoms with Crippen molar-refractivity contribution in [1.29, 1.82) is 5.26 Å². The Hall–Kier alpha value is -2.60. The minimum atomic E-state index is -0.176. The molecule has 3 nitrogen and oxygen atoms in total. The molecular formula is C15H12N2O. The van der Waals surface area contributed by atoms with E-state index in [1.807, 2.05) is 25.1 Å². The van der Waals surface area contributed by atoms with Crippen LogP contribution in [0.15, 0.2) is 48.5 Å². The zero-order chi connectivity index (χ0) is 13.0. The lowest BCUT2D eigenvalue weighted by Crippen LogP contribution is -2.11. The fourth-order valence-corrected chi connectivity index (χ4v) is 1.57. The van der Waals surface area contributed by atoms with Crippen LogP contribution in [0.3, 0.4) is 0 Å². The second-order valence-corrected chi connectivity index (χ2v) is 4.01. The van der Waals surface area contributed by atoms with Crippen molar-refractivity contribution >= 4 is 11.6 Å². The van der Waals surface area contributed by atoms with Gasteiger partial charge >= 0.3 is 0 Å². The van der Waals surface area contributed by atoms with Crippen molar-refractivity contribution in [2.45, 2.75) is 6.92 Å². The highest BCUT2D eigenvalue weighted by Crippen LogP contribution is 2.12. The summed E-state index contributed by atoms with van der Waals surface area (Å²) in [6.07, 6.45) is 0. The van der Waals surface area contributed by atoms with Gasteiger partial charge in [0.25, 0.3) is 5.91 Å². The molecule has 0 aliphatic rings. The molecule has 1 amide bonds. The molecule has 0 aromatic heterocycles. The Kier molecular flexibility index (Phi) is 3.40. The molecule has 0 aliphatic heterocycles. The van der Waals surface area contributed by atoms with Gasteiger partial charge in [-0.1, -0.05) is 23.8 Å². The van der Waals surface area contributed by atoms with Crippen molar-refractivity contribution in [3.63, 3.8) is 0 Å². The predicted molar refractivity (Wildman–Crippen MR) is 70.3 cm³/mol. The molecule has 0 fully saturated rings. The quantitative estimate of drug-likeness (QED) is 0.870. The fourth-order valence-electron chi connectivity index (χ4n) is 1.57. The molecule has 0 radical (unpaired) electrons. The number of carbonyl (C=O) groups is 1. The number of benzene rings is 2. The fraction of sp³-hybridized carbons (Fsp3) is 0.0667. The molecule has 18 heavy (non-hydrogen) atoms. The molecule has 0 aliphatic carbocycles. The van der Waals surface area contributed by atoms with E-state index in [-0.39, 0.29) is 5.91 Å². The third-order valence-corrected chi connectivity index (χ3v) is 2.56. The normalized spacial score (nSPS) is 9.56. The monoisotopic (exact) mass is 236 g/mol. The molecule has 0 unspecified atom stereocenters. The number of hydrogen-bond donors (Lipinski definition) is 1. The maximum absolute atomic E-state index is 11.9. The Bertz CT molecular complexity index is 609. The van der Waals surface area contributed by atoms with E-state index in [9.17, 15) is 4.79 Å². The summed E-state index contributed by atoms with van der Waals surface area (Å²) >= 11 is 0. The highest BCUT2D eigenvalue weighted by molar-refractivity contribution is 6.04. The highest BCUT2D eigenvalue weighted by atomic mass is 16.1. The number of aryl methyl sites for hydroxylation is 1. The molecule has 0 saturated heterocycles. The van der Waals surface area contributed by atoms with E-state index >= 15 is 0 Å². The molecule has 1 N–H and O–H groups in total. The summed E-state index contributed by atoms with van der Waals surface area (Å²) in [7, 11) is 0. The van der Waals surface area contributed by atoms with E-state index in [4.69, 9.17) is 5.26 Å². The molecule has 3 heteroatoms. The van der Waals surface area contributed by atoms with Gasteiger partial charge in [-0.3, -0.25) is 4.79 Å². The summed E-state index contributed by atoms with van der Waals surface area (Å²) in [5.74, 6) is -0.176. The number of nitriles is 1. The van der Waals surface area contributed by atoms with Gasteiger partial charge in [-0.05, 0) is 37.3 Å². The highest BCUT2D eigenvalue weighted by Gasteiger charge is 2.05. The zero-order valence-electron chi connectivity index (χ0n) is 9.97. The van der Waals surface area contributed by atoms with Crippen LogP contribution in [0.4, 0.5) is 5.69 Å². The van der Waals surface area contributed by atoms with Crippen molar-refractivity contribution in [3.8, 4) is 6.07 Å². The van der Waals surface area contributed by atoms with Gasteiger partial charge in [0, 0.05) is 11.3 Å².